The summed E-state index contributed by atoms with van der Waals surface area (Å²) in [5.74, 6) is -0.121. The van der Waals surface area contributed by atoms with Gasteiger partial charge in [0.1, 0.15) is 10.6 Å². The van der Waals surface area contributed by atoms with E-state index in [0.717, 1.165) is 0 Å². The third kappa shape index (κ3) is 4.20. The number of benzene rings is 1. The first-order valence-electron chi connectivity index (χ1n) is 7.58. The third-order valence-electron chi connectivity index (χ3n) is 3.77. The second-order valence-electron chi connectivity index (χ2n) is 5.41. The summed E-state index contributed by atoms with van der Waals surface area (Å²) in [5, 5.41) is 2.55. The van der Waals surface area contributed by atoms with E-state index in [2.05, 4.69) is 10.1 Å². The number of hydrogen-bond donors (Lipinski definition) is 1. The number of nitrogens with one attached hydrogen (secondary N) is 1. The summed E-state index contributed by atoms with van der Waals surface area (Å²) >= 11 is 0. The maximum absolute atomic E-state index is 12.9. The van der Waals surface area contributed by atoms with Crippen molar-refractivity contribution in [1.29, 1.82) is 0 Å². The van der Waals surface area contributed by atoms with E-state index in [4.69, 9.17) is 4.74 Å². The summed E-state index contributed by atoms with van der Waals surface area (Å²) in [6.45, 7) is 2.10. The quantitative estimate of drug-likeness (QED) is 0.836. The Morgan fingerprint density at radius 3 is 2.28 bits per heavy atom. The molecule has 25 heavy (non-hydrogen) atoms. The predicted molar refractivity (Wildman–Crippen MR) is 90.0 cm³/mol. The van der Waals surface area contributed by atoms with Crippen LogP contribution < -0.4 is 10.1 Å². The molecule has 0 bridgehead atoms. The molecule has 0 aromatic heterocycles. The van der Waals surface area contributed by atoms with Crippen molar-refractivity contribution >= 4 is 27.7 Å². The number of amides is 2. The van der Waals surface area contributed by atoms with E-state index >= 15 is 0 Å². The lowest BCUT2D eigenvalue weighted by molar-refractivity contribution is -0.114. The van der Waals surface area contributed by atoms with Crippen LogP contribution in [0.15, 0.2) is 23.1 Å². The Morgan fingerprint density at radius 2 is 1.76 bits per heavy atom. The molecule has 0 spiro atoms. The highest BCUT2D eigenvalue weighted by molar-refractivity contribution is 7.89. The van der Waals surface area contributed by atoms with Crippen LogP contribution in [-0.4, -0.2) is 70.0 Å². The van der Waals surface area contributed by atoms with Gasteiger partial charge in [0, 0.05) is 38.8 Å². The second-order valence-corrected chi connectivity index (χ2v) is 7.31. The lowest BCUT2D eigenvalue weighted by Gasteiger charge is -2.33. The van der Waals surface area contributed by atoms with Crippen LogP contribution in [0.2, 0.25) is 0 Å². The summed E-state index contributed by atoms with van der Waals surface area (Å²) in [4.78, 5) is 24.1. The Hall–Kier alpha value is -2.33. The van der Waals surface area contributed by atoms with E-state index in [1.165, 1.54) is 42.5 Å². The van der Waals surface area contributed by atoms with Gasteiger partial charge < -0.3 is 19.7 Å². The van der Waals surface area contributed by atoms with Crippen LogP contribution in [0.3, 0.4) is 0 Å². The van der Waals surface area contributed by atoms with Gasteiger partial charge >= 0.3 is 6.09 Å². The molecule has 0 saturated carbocycles. The zero-order valence-corrected chi connectivity index (χ0v) is 15.1. The van der Waals surface area contributed by atoms with Crippen molar-refractivity contribution in [3.63, 3.8) is 0 Å². The van der Waals surface area contributed by atoms with E-state index in [0.29, 0.717) is 5.69 Å². The number of sulfonamides is 1. The van der Waals surface area contributed by atoms with Crippen LogP contribution in [0.5, 0.6) is 5.75 Å². The lowest BCUT2D eigenvalue weighted by atomic mass is 10.3. The van der Waals surface area contributed by atoms with Crippen LogP contribution in [0, 0.1) is 0 Å². The fourth-order valence-electron chi connectivity index (χ4n) is 2.54. The van der Waals surface area contributed by atoms with Crippen molar-refractivity contribution in [3.8, 4) is 5.75 Å². The number of carbonyl (C=O) groups is 2. The Kier molecular flexibility index (Phi) is 5.85. The summed E-state index contributed by atoms with van der Waals surface area (Å²) in [5.41, 5.74) is 0.361. The van der Waals surface area contributed by atoms with Crippen molar-refractivity contribution in [2.24, 2.45) is 0 Å². The standard InChI is InChI=1S/C15H21N3O6S/c1-11(19)16-12-4-5-13(23-2)14(10-12)25(21,22)18-8-6-17(7-9-18)15(20)24-3/h4-5,10H,6-9H2,1-3H3,(H,16,19). The molecular weight excluding hydrogens is 350 g/mol. The predicted octanol–water partition coefficient (Wildman–Crippen LogP) is 0.726. The minimum absolute atomic E-state index is 0.0345. The molecule has 0 atom stereocenters. The highest BCUT2D eigenvalue weighted by atomic mass is 32.2. The van der Waals surface area contributed by atoms with Crippen molar-refractivity contribution in [2.75, 3.05) is 45.7 Å². The number of hydrogen-bond acceptors (Lipinski definition) is 6. The van der Waals surface area contributed by atoms with Crippen molar-refractivity contribution in [3.05, 3.63) is 18.2 Å². The number of methoxy groups -OCH3 is 2. The number of nitrogens with zero attached hydrogens (tertiary/aromatic N) is 2. The molecule has 1 aromatic carbocycles. The van der Waals surface area contributed by atoms with E-state index < -0.39 is 16.1 Å². The van der Waals surface area contributed by atoms with Gasteiger partial charge in [-0.25, -0.2) is 13.2 Å². The Bertz CT molecular complexity index is 757. The lowest BCUT2D eigenvalue weighted by Crippen LogP contribution is -2.50. The molecule has 1 aromatic rings. The van der Waals surface area contributed by atoms with Gasteiger partial charge in [0.15, 0.2) is 0 Å². The summed E-state index contributed by atoms with van der Waals surface area (Å²) in [6.07, 6.45) is -0.484. The maximum Gasteiger partial charge on any atom is 0.409 e. The minimum Gasteiger partial charge on any atom is -0.495 e. The molecule has 2 amide bonds. The summed E-state index contributed by atoms with van der Waals surface area (Å²) in [7, 11) is -1.18. The zero-order chi connectivity index (χ0) is 18.6. The molecular formula is C15H21N3O6S. The Morgan fingerprint density at radius 1 is 1.12 bits per heavy atom. The zero-order valence-electron chi connectivity index (χ0n) is 14.3. The monoisotopic (exact) mass is 371 g/mol. The van der Waals surface area contributed by atoms with Gasteiger partial charge in [0.05, 0.1) is 14.2 Å². The van der Waals surface area contributed by atoms with Gasteiger partial charge in [-0.3, -0.25) is 4.79 Å². The molecule has 1 fully saturated rings. The second kappa shape index (κ2) is 7.70. The molecule has 138 valence electrons. The average Bonchev–Trinajstić information content (AvgIpc) is 2.60. The highest BCUT2D eigenvalue weighted by Crippen LogP contribution is 2.30. The number of anilines is 1. The smallest absolute Gasteiger partial charge is 0.409 e. The fourth-order valence-corrected chi connectivity index (χ4v) is 4.14. The van der Waals surface area contributed by atoms with Crippen LogP contribution in [0.25, 0.3) is 0 Å². The Labute approximate surface area is 146 Å². The number of ether oxygens (including phenoxy) is 2. The number of piperazine rings is 1. The van der Waals surface area contributed by atoms with Crippen LogP contribution in [-0.2, 0) is 19.6 Å². The average molecular weight is 371 g/mol. The highest BCUT2D eigenvalue weighted by Gasteiger charge is 2.32. The van der Waals surface area contributed by atoms with Crippen molar-refractivity contribution in [1.82, 2.24) is 9.21 Å². The van der Waals surface area contributed by atoms with Crippen molar-refractivity contribution in [2.45, 2.75) is 11.8 Å². The molecule has 0 radical (unpaired) electrons. The van der Waals surface area contributed by atoms with E-state index in [1.807, 2.05) is 0 Å². The summed E-state index contributed by atoms with van der Waals surface area (Å²) in [6, 6.07) is 4.42. The van der Waals surface area contributed by atoms with Crippen LogP contribution in [0.4, 0.5) is 10.5 Å². The number of rotatable bonds is 4. The minimum atomic E-state index is -3.84. The molecule has 1 saturated heterocycles. The Balaban J connectivity index is 2.27. The fraction of sp³-hybridized carbons (Fsp3) is 0.467. The first kappa shape index (κ1) is 19.0. The third-order valence-corrected chi connectivity index (χ3v) is 5.69. The van der Waals surface area contributed by atoms with Gasteiger partial charge in [-0.15, -0.1) is 0 Å². The van der Waals surface area contributed by atoms with Crippen LogP contribution in [0.1, 0.15) is 6.92 Å². The van der Waals surface area contributed by atoms with Gasteiger partial charge in [0.25, 0.3) is 0 Å². The van der Waals surface area contributed by atoms with E-state index in [1.54, 1.807) is 6.07 Å². The molecule has 0 aliphatic carbocycles. The normalized spacial score (nSPS) is 15.6. The SMILES string of the molecule is COC(=O)N1CCN(S(=O)(=O)c2cc(NC(C)=O)ccc2OC)CC1. The van der Waals surface area contributed by atoms with Crippen molar-refractivity contribution < 1.29 is 27.5 Å². The molecule has 9 nitrogen and oxygen atoms in total. The van der Waals surface area contributed by atoms with E-state index in [-0.39, 0.29) is 42.7 Å². The maximum atomic E-state index is 12.9. The van der Waals surface area contributed by atoms with Crippen LogP contribution >= 0.6 is 0 Å². The number of carbonyl (C=O) groups excluding carboxylic acids is 2. The first-order chi connectivity index (χ1) is 11.8. The topological polar surface area (TPSA) is 105 Å². The first-order valence-corrected chi connectivity index (χ1v) is 9.02. The molecule has 1 heterocycles. The van der Waals surface area contributed by atoms with Gasteiger partial charge in [-0.2, -0.15) is 4.31 Å². The molecule has 1 aliphatic rings. The summed E-state index contributed by atoms with van der Waals surface area (Å²) < 4.78 is 37.0. The van der Waals surface area contributed by atoms with Gasteiger partial charge in [-0.05, 0) is 18.2 Å². The molecule has 2 rings (SSSR count). The molecule has 1 N–H and O–H groups in total. The molecule has 0 unspecified atom stereocenters. The molecule has 10 heteroatoms. The molecule has 1 aliphatic heterocycles. The van der Waals surface area contributed by atoms with Gasteiger partial charge in [-0.1, -0.05) is 0 Å². The van der Waals surface area contributed by atoms with Gasteiger partial charge in [0.2, 0.25) is 15.9 Å². The largest absolute Gasteiger partial charge is 0.495 e. The van der Waals surface area contributed by atoms with E-state index in [9.17, 15) is 18.0 Å².